The number of carbonyl (C=O) groups is 1. The number of nitrogens with two attached hydrogens (primary N) is 1. The predicted molar refractivity (Wildman–Crippen MR) is 80.0 cm³/mol. The topological polar surface area (TPSA) is 58.8 Å². The van der Waals surface area contributed by atoms with Gasteiger partial charge >= 0.3 is 0 Å². The standard InChI is InChI=1S/C15H23N3O2/c1-15(2)10-18(8-7-17(15)3)14(19)12-6-5-11(16)9-13(12)20-4/h5-6,9H,7-8,10,16H2,1-4H3. The molecule has 1 aliphatic rings. The third-order valence-corrected chi connectivity index (χ3v) is 4.06. The number of nitrogens with zero attached hydrogens (tertiary/aromatic N) is 2. The Hall–Kier alpha value is -1.75. The molecule has 0 aromatic heterocycles. The third kappa shape index (κ3) is 2.72. The first-order valence-corrected chi connectivity index (χ1v) is 6.79. The van der Waals surface area contributed by atoms with E-state index in [0.717, 1.165) is 13.1 Å². The van der Waals surface area contributed by atoms with Crippen molar-refractivity contribution in [3.63, 3.8) is 0 Å². The lowest BCUT2D eigenvalue weighted by atomic mass is 9.99. The van der Waals surface area contributed by atoms with Crippen molar-refractivity contribution < 1.29 is 9.53 Å². The molecule has 2 rings (SSSR count). The minimum absolute atomic E-state index is 0.00280. The molecule has 1 aromatic rings. The summed E-state index contributed by atoms with van der Waals surface area (Å²) >= 11 is 0. The SMILES string of the molecule is COc1cc(N)ccc1C(=O)N1CCN(C)C(C)(C)C1. The molecule has 1 heterocycles. The van der Waals surface area contributed by atoms with E-state index in [1.54, 1.807) is 25.3 Å². The van der Waals surface area contributed by atoms with Crippen molar-refractivity contribution in [2.75, 3.05) is 39.5 Å². The maximum atomic E-state index is 12.7. The first-order chi connectivity index (χ1) is 9.35. The molecule has 0 saturated carbocycles. The quantitative estimate of drug-likeness (QED) is 0.831. The first kappa shape index (κ1) is 14.7. The summed E-state index contributed by atoms with van der Waals surface area (Å²) in [7, 11) is 3.64. The molecule has 1 aromatic carbocycles. The molecule has 0 radical (unpaired) electrons. The van der Waals surface area contributed by atoms with Crippen LogP contribution in [0.4, 0.5) is 5.69 Å². The molecule has 0 unspecified atom stereocenters. The number of piperazine rings is 1. The Morgan fingerprint density at radius 1 is 1.35 bits per heavy atom. The van der Waals surface area contributed by atoms with Gasteiger partial charge in [-0.05, 0) is 33.0 Å². The molecule has 2 N–H and O–H groups in total. The smallest absolute Gasteiger partial charge is 0.257 e. The fourth-order valence-electron chi connectivity index (χ4n) is 2.47. The van der Waals surface area contributed by atoms with Gasteiger partial charge < -0.3 is 15.4 Å². The maximum absolute atomic E-state index is 12.7. The molecule has 0 spiro atoms. The van der Waals surface area contributed by atoms with E-state index in [1.165, 1.54) is 0 Å². The van der Waals surface area contributed by atoms with Gasteiger partial charge in [0.2, 0.25) is 0 Å². The molecule has 5 nitrogen and oxygen atoms in total. The van der Waals surface area contributed by atoms with Gasteiger partial charge in [-0.3, -0.25) is 9.69 Å². The summed E-state index contributed by atoms with van der Waals surface area (Å²) in [5.74, 6) is 0.537. The number of methoxy groups -OCH3 is 1. The van der Waals surface area contributed by atoms with E-state index in [4.69, 9.17) is 10.5 Å². The molecule has 20 heavy (non-hydrogen) atoms. The van der Waals surface area contributed by atoms with Crippen LogP contribution < -0.4 is 10.5 Å². The van der Waals surface area contributed by atoms with Crippen LogP contribution >= 0.6 is 0 Å². The lowest BCUT2D eigenvalue weighted by molar-refractivity contribution is 0.0309. The van der Waals surface area contributed by atoms with Crippen molar-refractivity contribution in [1.82, 2.24) is 9.80 Å². The van der Waals surface area contributed by atoms with Crippen LogP contribution in [0, 0.1) is 0 Å². The van der Waals surface area contributed by atoms with Gasteiger partial charge in [-0.2, -0.15) is 0 Å². The number of rotatable bonds is 2. The number of hydrogen-bond donors (Lipinski definition) is 1. The second-order valence-corrected chi connectivity index (χ2v) is 5.92. The number of benzene rings is 1. The molecule has 1 fully saturated rings. The second kappa shape index (κ2) is 5.32. The highest BCUT2D eigenvalue weighted by Gasteiger charge is 2.34. The van der Waals surface area contributed by atoms with Crippen molar-refractivity contribution >= 4 is 11.6 Å². The van der Waals surface area contributed by atoms with Crippen LogP contribution in [0.3, 0.4) is 0 Å². The van der Waals surface area contributed by atoms with E-state index in [-0.39, 0.29) is 11.4 Å². The van der Waals surface area contributed by atoms with E-state index in [0.29, 0.717) is 23.5 Å². The van der Waals surface area contributed by atoms with Gasteiger partial charge in [0.1, 0.15) is 5.75 Å². The molecule has 5 heteroatoms. The number of ether oxygens (including phenoxy) is 1. The van der Waals surface area contributed by atoms with Crippen molar-refractivity contribution in [3.05, 3.63) is 23.8 Å². The summed E-state index contributed by atoms with van der Waals surface area (Å²) < 4.78 is 5.27. The minimum atomic E-state index is -0.0189. The van der Waals surface area contributed by atoms with Gasteiger partial charge in [-0.1, -0.05) is 0 Å². The largest absolute Gasteiger partial charge is 0.496 e. The summed E-state index contributed by atoms with van der Waals surface area (Å²) in [5.41, 5.74) is 6.88. The fraction of sp³-hybridized carbons (Fsp3) is 0.533. The second-order valence-electron chi connectivity index (χ2n) is 5.92. The number of amides is 1. The third-order valence-electron chi connectivity index (χ3n) is 4.06. The summed E-state index contributed by atoms with van der Waals surface area (Å²) in [5, 5.41) is 0. The zero-order valence-corrected chi connectivity index (χ0v) is 12.6. The Kier molecular flexibility index (Phi) is 3.90. The summed E-state index contributed by atoms with van der Waals surface area (Å²) in [6, 6.07) is 5.16. The normalized spacial score (nSPS) is 18.9. The average molecular weight is 277 g/mol. The van der Waals surface area contributed by atoms with E-state index in [9.17, 15) is 4.79 Å². The zero-order chi connectivity index (χ0) is 14.9. The Bertz CT molecular complexity index is 514. The summed E-state index contributed by atoms with van der Waals surface area (Å²) in [4.78, 5) is 16.8. The van der Waals surface area contributed by atoms with Crippen LogP contribution in [0.25, 0.3) is 0 Å². The molecule has 0 atom stereocenters. The molecule has 0 aliphatic carbocycles. The summed E-state index contributed by atoms with van der Waals surface area (Å²) in [6.45, 7) is 6.59. The van der Waals surface area contributed by atoms with Crippen LogP contribution in [0.2, 0.25) is 0 Å². The van der Waals surface area contributed by atoms with E-state index >= 15 is 0 Å². The van der Waals surface area contributed by atoms with Crippen molar-refractivity contribution in [2.45, 2.75) is 19.4 Å². The van der Waals surface area contributed by atoms with Gasteiger partial charge in [-0.25, -0.2) is 0 Å². The lowest BCUT2D eigenvalue weighted by Crippen LogP contribution is -2.58. The Balaban J connectivity index is 2.24. The number of likely N-dealkylation sites (N-methyl/N-ethyl adjacent to an activating group) is 1. The molecule has 1 aliphatic heterocycles. The Labute approximate surface area is 120 Å². The van der Waals surface area contributed by atoms with Crippen LogP contribution in [0.15, 0.2) is 18.2 Å². The molecule has 110 valence electrons. The van der Waals surface area contributed by atoms with Gasteiger partial charge in [0.05, 0.1) is 12.7 Å². The molecule has 1 amide bonds. The highest BCUT2D eigenvalue weighted by Crippen LogP contribution is 2.26. The van der Waals surface area contributed by atoms with Gasteiger partial charge in [-0.15, -0.1) is 0 Å². The predicted octanol–water partition coefficient (Wildman–Crippen LogP) is 1.44. The summed E-state index contributed by atoms with van der Waals surface area (Å²) in [6.07, 6.45) is 0. The molecular formula is C15H23N3O2. The molecular weight excluding hydrogens is 254 g/mol. The number of anilines is 1. The van der Waals surface area contributed by atoms with Gasteiger partial charge in [0.15, 0.2) is 0 Å². The molecule has 1 saturated heterocycles. The fourth-order valence-corrected chi connectivity index (χ4v) is 2.47. The van der Waals surface area contributed by atoms with Crippen LogP contribution in [0.1, 0.15) is 24.2 Å². The van der Waals surface area contributed by atoms with E-state index < -0.39 is 0 Å². The number of hydrogen-bond acceptors (Lipinski definition) is 4. The van der Waals surface area contributed by atoms with Crippen LogP contribution in [-0.4, -0.2) is 55.0 Å². The zero-order valence-electron chi connectivity index (χ0n) is 12.6. The number of nitrogen functional groups attached to an aromatic ring is 1. The van der Waals surface area contributed by atoms with Gasteiger partial charge in [0, 0.05) is 36.9 Å². The Morgan fingerprint density at radius 2 is 2.05 bits per heavy atom. The van der Waals surface area contributed by atoms with Crippen molar-refractivity contribution in [2.24, 2.45) is 0 Å². The van der Waals surface area contributed by atoms with Crippen molar-refractivity contribution in [1.29, 1.82) is 0 Å². The van der Waals surface area contributed by atoms with Crippen LogP contribution in [-0.2, 0) is 0 Å². The van der Waals surface area contributed by atoms with Crippen molar-refractivity contribution in [3.8, 4) is 5.75 Å². The average Bonchev–Trinajstić information content (AvgIpc) is 2.40. The first-order valence-electron chi connectivity index (χ1n) is 6.79. The monoisotopic (exact) mass is 277 g/mol. The van der Waals surface area contributed by atoms with E-state index in [1.807, 2.05) is 4.90 Å². The number of carbonyl (C=O) groups excluding carboxylic acids is 1. The Morgan fingerprint density at radius 3 is 2.65 bits per heavy atom. The van der Waals surface area contributed by atoms with E-state index in [2.05, 4.69) is 25.8 Å². The highest BCUT2D eigenvalue weighted by atomic mass is 16.5. The lowest BCUT2D eigenvalue weighted by Gasteiger charge is -2.45. The van der Waals surface area contributed by atoms with Crippen LogP contribution in [0.5, 0.6) is 5.75 Å². The molecule has 0 bridgehead atoms. The maximum Gasteiger partial charge on any atom is 0.257 e. The van der Waals surface area contributed by atoms with Gasteiger partial charge in [0.25, 0.3) is 5.91 Å². The minimum Gasteiger partial charge on any atom is -0.496 e. The highest BCUT2D eigenvalue weighted by molar-refractivity contribution is 5.97.